The smallest absolute Gasteiger partial charge is 0.340 e. The number of hydrogen-bond donors (Lipinski definition) is 0. The summed E-state index contributed by atoms with van der Waals surface area (Å²) < 4.78 is 38.7. The average Bonchev–Trinajstić information content (AvgIpc) is 2.72. The number of carbonyl (C=O) groups excluding carboxylic acids is 1. The van der Waals surface area contributed by atoms with Crippen molar-refractivity contribution >= 4 is 5.91 Å². The Balaban J connectivity index is 1.51. The summed E-state index contributed by atoms with van der Waals surface area (Å²) >= 11 is 0. The molecule has 1 atom stereocenters. The summed E-state index contributed by atoms with van der Waals surface area (Å²) in [5, 5.41) is 0. The van der Waals surface area contributed by atoms with E-state index in [2.05, 4.69) is 14.9 Å². The molecule has 3 rings (SSSR count). The number of hydrogen-bond acceptors (Lipinski definition) is 4. The van der Waals surface area contributed by atoms with Crippen LogP contribution in [-0.2, 0) is 12.6 Å². The Kier molecular flexibility index (Phi) is 7.07. The molecule has 1 aromatic carbocycles. The second-order valence-electron chi connectivity index (χ2n) is 7.99. The van der Waals surface area contributed by atoms with Crippen molar-refractivity contribution in [1.82, 2.24) is 19.8 Å². The summed E-state index contributed by atoms with van der Waals surface area (Å²) in [6.07, 6.45) is 1.38. The van der Waals surface area contributed by atoms with Gasteiger partial charge < -0.3 is 9.80 Å². The zero-order chi connectivity index (χ0) is 21.7. The first-order valence-electron chi connectivity index (χ1n) is 10.1. The van der Waals surface area contributed by atoms with Crippen molar-refractivity contribution in [2.75, 3.05) is 33.2 Å². The molecule has 0 spiro atoms. The Labute approximate surface area is 174 Å². The molecular weight excluding hydrogens is 393 g/mol. The summed E-state index contributed by atoms with van der Waals surface area (Å²) in [6.45, 7) is 4.90. The highest BCUT2D eigenvalue weighted by atomic mass is 19.4. The maximum absolute atomic E-state index is 12.9. The van der Waals surface area contributed by atoms with E-state index in [0.717, 1.165) is 37.7 Å². The first kappa shape index (κ1) is 22.2. The first-order chi connectivity index (χ1) is 14.2. The standard InChI is InChI=1S/C22H27F3N4O/c1-16-12-27-20(13-26-16)21(30)28(2)14-18-6-4-9-29(15-18)10-8-17-5-3-7-19(11-17)22(23,24)25/h3,5,7,11-13,18H,4,6,8-10,14-15H2,1-2H3/t18-/m1/s1. The summed E-state index contributed by atoms with van der Waals surface area (Å²) in [6, 6.07) is 5.54. The fourth-order valence-corrected chi connectivity index (χ4v) is 3.86. The van der Waals surface area contributed by atoms with E-state index in [0.29, 0.717) is 36.7 Å². The van der Waals surface area contributed by atoms with Crippen molar-refractivity contribution < 1.29 is 18.0 Å². The molecule has 0 N–H and O–H groups in total. The lowest BCUT2D eigenvalue weighted by Gasteiger charge is -2.34. The Bertz CT molecular complexity index is 854. The van der Waals surface area contributed by atoms with Gasteiger partial charge in [-0.15, -0.1) is 0 Å². The molecule has 1 amide bonds. The minimum atomic E-state index is -4.31. The number of amides is 1. The number of rotatable bonds is 6. The fraction of sp³-hybridized carbons (Fsp3) is 0.500. The summed E-state index contributed by atoms with van der Waals surface area (Å²) in [4.78, 5) is 24.8. The SMILES string of the molecule is Cc1cnc(C(=O)N(C)C[C@H]2CCCN(CCc3cccc(C(F)(F)F)c3)C2)cn1. The van der Waals surface area contributed by atoms with E-state index < -0.39 is 11.7 Å². The number of halogens is 3. The predicted octanol–water partition coefficient (Wildman–Crippen LogP) is 3.83. The molecule has 2 aromatic rings. The number of nitrogens with zero attached hydrogens (tertiary/aromatic N) is 4. The number of likely N-dealkylation sites (tertiary alicyclic amines) is 1. The molecular formula is C22H27F3N4O. The molecule has 0 radical (unpaired) electrons. The first-order valence-corrected chi connectivity index (χ1v) is 10.1. The third-order valence-corrected chi connectivity index (χ3v) is 5.45. The van der Waals surface area contributed by atoms with Gasteiger partial charge in [-0.05, 0) is 50.3 Å². The molecule has 0 unspecified atom stereocenters. The molecule has 30 heavy (non-hydrogen) atoms. The molecule has 8 heteroatoms. The molecule has 2 heterocycles. The van der Waals surface area contributed by atoms with Gasteiger partial charge in [0, 0.05) is 32.9 Å². The maximum atomic E-state index is 12.9. The van der Waals surface area contributed by atoms with Crippen molar-refractivity contribution in [3.05, 3.63) is 59.2 Å². The Morgan fingerprint density at radius 2 is 2.07 bits per heavy atom. The molecule has 1 aromatic heterocycles. The topological polar surface area (TPSA) is 49.3 Å². The number of piperidine rings is 1. The minimum Gasteiger partial charge on any atom is -0.340 e. The third-order valence-electron chi connectivity index (χ3n) is 5.45. The highest BCUT2D eigenvalue weighted by Gasteiger charge is 2.30. The van der Waals surface area contributed by atoms with Gasteiger partial charge in [0.25, 0.3) is 5.91 Å². The zero-order valence-electron chi connectivity index (χ0n) is 17.3. The molecule has 162 valence electrons. The molecule has 1 aliphatic heterocycles. The molecule has 0 bridgehead atoms. The van der Waals surface area contributed by atoms with Crippen LogP contribution in [0.15, 0.2) is 36.7 Å². The van der Waals surface area contributed by atoms with Crippen LogP contribution in [-0.4, -0.2) is 58.9 Å². The Hall–Kier alpha value is -2.48. The lowest BCUT2D eigenvalue weighted by Crippen LogP contribution is -2.42. The lowest BCUT2D eigenvalue weighted by atomic mass is 9.97. The molecule has 1 fully saturated rings. The van der Waals surface area contributed by atoms with Gasteiger partial charge in [-0.2, -0.15) is 13.2 Å². The minimum absolute atomic E-state index is 0.149. The highest BCUT2D eigenvalue weighted by Crippen LogP contribution is 2.29. The van der Waals surface area contributed by atoms with Crippen LogP contribution in [0.2, 0.25) is 0 Å². The summed E-state index contributed by atoms with van der Waals surface area (Å²) in [5.74, 6) is 0.177. The number of carbonyl (C=O) groups is 1. The molecule has 5 nitrogen and oxygen atoms in total. The van der Waals surface area contributed by atoms with Crippen LogP contribution in [0.3, 0.4) is 0 Å². The van der Waals surface area contributed by atoms with E-state index in [1.165, 1.54) is 18.3 Å². The van der Waals surface area contributed by atoms with Gasteiger partial charge in [0.1, 0.15) is 5.69 Å². The number of aryl methyl sites for hydroxylation is 1. The predicted molar refractivity (Wildman–Crippen MR) is 108 cm³/mol. The van der Waals surface area contributed by atoms with Gasteiger partial charge in [0.2, 0.25) is 0 Å². The van der Waals surface area contributed by atoms with Gasteiger partial charge in [0.05, 0.1) is 17.5 Å². The quantitative estimate of drug-likeness (QED) is 0.713. The van der Waals surface area contributed by atoms with Crippen molar-refractivity contribution in [2.24, 2.45) is 5.92 Å². The Morgan fingerprint density at radius 1 is 1.27 bits per heavy atom. The van der Waals surface area contributed by atoms with Gasteiger partial charge in [-0.25, -0.2) is 4.98 Å². The summed E-state index contributed by atoms with van der Waals surface area (Å²) in [5.41, 5.74) is 1.19. The average molecular weight is 420 g/mol. The largest absolute Gasteiger partial charge is 0.416 e. The number of aromatic nitrogens is 2. The van der Waals surface area contributed by atoms with Crippen LogP contribution in [0.5, 0.6) is 0 Å². The van der Waals surface area contributed by atoms with Gasteiger partial charge in [-0.3, -0.25) is 9.78 Å². The third kappa shape index (κ3) is 6.01. The fourth-order valence-electron chi connectivity index (χ4n) is 3.86. The van der Waals surface area contributed by atoms with Crippen molar-refractivity contribution in [3.63, 3.8) is 0 Å². The van der Waals surface area contributed by atoms with Crippen LogP contribution in [0, 0.1) is 12.8 Å². The van der Waals surface area contributed by atoms with Crippen molar-refractivity contribution in [2.45, 2.75) is 32.4 Å². The van der Waals surface area contributed by atoms with Gasteiger partial charge in [-0.1, -0.05) is 18.2 Å². The van der Waals surface area contributed by atoms with Crippen LogP contribution < -0.4 is 0 Å². The van der Waals surface area contributed by atoms with Crippen molar-refractivity contribution in [1.29, 1.82) is 0 Å². The van der Waals surface area contributed by atoms with Gasteiger partial charge >= 0.3 is 6.18 Å². The normalized spacial score (nSPS) is 17.7. The van der Waals surface area contributed by atoms with E-state index in [1.54, 1.807) is 24.2 Å². The van der Waals surface area contributed by atoms with Crippen LogP contribution in [0.25, 0.3) is 0 Å². The van der Waals surface area contributed by atoms with Crippen molar-refractivity contribution in [3.8, 4) is 0 Å². The second kappa shape index (κ2) is 9.55. The molecule has 1 saturated heterocycles. The zero-order valence-corrected chi connectivity index (χ0v) is 17.3. The number of alkyl halides is 3. The maximum Gasteiger partial charge on any atom is 0.416 e. The van der Waals surface area contributed by atoms with Crippen LogP contribution >= 0.6 is 0 Å². The van der Waals surface area contributed by atoms with E-state index >= 15 is 0 Å². The van der Waals surface area contributed by atoms with E-state index in [-0.39, 0.29) is 5.91 Å². The molecule has 0 aliphatic carbocycles. The van der Waals surface area contributed by atoms with E-state index in [4.69, 9.17) is 0 Å². The van der Waals surface area contributed by atoms with Crippen LogP contribution in [0.1, 0.15) is 40.2 Å². The van der Waals surface area contributed by atoms with E-state index in [1.807, 2.05) is 6.92 Å². The van der Waals surface area contributed by atoms with Gasteiger partial charge in [0.15, 0.2) is 0 Å². The van der Waals surface area contributed by atoms with E-state index in [9.17, 15) is 18.0 Å². The monoisotopic (exact) mass is 420 g/mol. The van der Waals surface area contributed by atoms with Crippen LogP contribution in [0.4, 0.5) is 13.2 Å². The lowest BCUT2D eigenvalue weighted by molar-refractivity contribution is -0.137. The number of benzene rings is 1. The Morgan fingerprint density at radius 3 is 2.77 bits per heavy atom. The summed E-state index contributed by atoms with van der Waals surface area (Å²) in [7, 11) is 1.77. The molecule has 1 aliphatic rings. The molecule has 0 saturated carbocycles. The second-order valence-corrected chi connectivity index (χ2v) is 7.99. The highest BCUT2D eigenvalue weighted by molar-refractivity contribution is 5.91.